The predicted octanol–water partition coefficient (Wildman–Crippen LogP) is 4.43. The van der Waals surface area contributed by atoms with Crippen LogP contribution >= 0.6 is 34.7 Å². The molecular formula is C26H25ClN3O2S2+. The van der Waals surface area contributed by atoms with Crippen LogP contribution in [0.1, 0.15) is 34.1 Å². The zero-order valence-electron chi connectivity index (χ0n) is 18.8. The lowest BCUT2D eigenvalue weighted by molar-refractivity contribution is -0.915. The summed E-state index contributed by atoms with van der Waals surface area (Å²) in [5.41, 5.74) is 2.47. The van der Waals surface area contributed by atoms with Crippen molar-refractivity contribution in [2.45, 2.75) is 31.5 Å². The lowest BCUT2D eigenvalue weighted by atomic mass is 10.1. The fraction of sp³-hybridized carbons (Fsp3) is 0.269. The molecule has 0 aliphatic carbocycles. The number of ketones is 1. The summed E-state index contributed by atoms with van der Waals surface area (Å²) in [5.74, 6) is 0.159. The minimum atomic E-state index is -0.0471. The third-order valence-corrected chi connectivity index (χ3v) is 8.45. The molecule has 2 aromatic carbocycles. The molecule has 5 rings (SSSR count). The second-order valence-electron chi connectivity index (χ2n) is 8.45. The number of hydrogen-bond donors (Lipinski definition) is 1. The first-order valence-corrected chi connectivity index (χ1v) is 13.6. The van der Waals surface area contributed by atoms with Gasteiger partial charge in [0.25, 0.3) is 5.56 Å². The van der Waals surface area contributed by atoms with E-state index in [1.54, 1.807) is 45.1 Å². The molecule has 1 N–H and O–H groups in total. The number of thioether (sulfide) groups is 1. The van der Waals surface area contributed by atoms with Gasteiger partial charge in [0.15, 0.2) is 10.9 Å². The first-order chi connectivity index (χ1) is 16.5. The SMILES string of the molecule is CCC[NH+]1CCc2c(sc3nc(SCC(=O)c4ccc(Cl)cc4)n(-c4ccccc4)c(=O)c23)C1. The lowest BCUT2D eigenvalue weighted by Gasteiger charge is -2.23. The highest BCUT2D eigenvalue weighted by Gasteiger charge is 2.27. The number of fused-ring (bicyclic) bond motifs is 3. The maximum atomic E-state index is 13.9. The Morgan fingerprint density at radius 2 is 1.94 bits per heavy atom. The minimum Gasteiger partial charge on any atom is -0.330 e. The Balaban J connectivity index is 1.55. The second kappa shape index (κ2) is 10.0. The van der Waals surface area contributed by atoms with Crippen LogP contribution in [0.25, 0.3) is 15.9 Å². The third-order valence-electron chi connectivity index (χ3n) is 6.13. The molecule has 0 saturated heterocycles. The van der Waals surface area contributed by atoms with E-state index >= 15 is 0 Å². The summed E-state index contributed by atoms with van der Waals surface area (Å²) in [6.07, 6.45) is 2.05. The highest BCUT2D eigenvalue weighted by Crippen LogP contribution is 2.32. The van der Waals surface area contributed by atoms with Crippen molar-refractivity contribution < 1.29 is 9.69 Å². The van der Waals surface area contributed by atoms with Crippen LogP contribution in [-0.2, 0) is 13.0 Å². The molecule has 1 aliphatic rings. The van der Waals surface area contributed by atoms with E-state index in [-0.39, 0.29) is 17.1 Å². The van der Waals surface area contributed by atoms with Crippen LogP contribution < -0.4 is 10.5 Å². The van der Waals surface area contributed by atoms with E-state index in [9.17, 15) is 9.59 Å². The van der Waals surface area contributed by atoms with Gasteiger partial charge in [-0.1, -0.05) is 48.5 Å². The lowest BCUT2D eigenvalue weighted by Crippen LogP contribution is -3.11. The van der Waals surface area contributed by atoms with Gasteiger partial charge in [-0.05, 0) is 48.4 Å². The molecule has 0 radical (unpaired) electrons. The standard InChI is InChI=1S/C26H24ClN3O2S2/c1-2-13-29-14-12-20-22(15-29)34-24-23(20)25(32)30(19-6-4-3-5-7-19)26(28-24)33-16-21(31)17-8-10-18(27)11-9-17/h3-11H,2,12-16H2,1H3/p+1. The average Bonchev–Trinajstić information content (AvgIpc) is 3.21. The van der Waals surface area contributed by atoms with Gasteiger partial charge in [-0.15, -0.1) is 11.3 Å². The van der Waals surface area contributed by atoms with Gasteiger partial charge < -0.3 is 4.90 Å². The number of nitrogens with zero attached hydrogens (tertiary/aromatic N) is 2. The number of thiophene rings is 1. The van der Waals surface area contributed by atoms with Gasteiger partial charge in [-0.25, -0.2) is 4.98 Å². The summed E-state index contributed by atoms with van der Waals surface area (Å²) < 4.78 is 1.67. The fourth-order valence-electron chi connectivity index (χ4n) is 4.47. The van der Waals surface area contributed by atoms with Crippen LogP contribution in [0, 0.1) is 0 Å². The number of nitrogens with one attached hydrogen (secondary N) is 1. The number of Topliss-reactive ketones (excluding diaryl/α,β-unsaturated/α-hetero) is 1. The van der Waals surface area contributed by atoms with Crippen LogP contribution in [0.5, 0.6) is 0 Å². The second-order valence-corrected chi connectivity index (χ2v) is 10.9. The molecule has 4 aromatic rings. The number of quaternary nitrogens is 1. The average molecular weight is 511 g/mol. The number of halogens is 1. The molecule has 2 aromatic heterocycles. The molecule has 8 heteroatoms. The van der Waals surface area contributed by atoms with E-state index in [2.05, 4.69) is 6.92 Å². The van der Waals surface area contributed by atoms with Gasteiger partial charge in [-0.3, -0.25) is 14.2 Å². The Morgan fingerprint density at radius 1 is 1.18 bits per heavy atom. The summed E-state index contributed by atoms with van der Waals surface area (Å²) in [7, 11) is 0. The molecule has 1 aliphatic heterocycles. The van der Waals surface area contributed by atoms with E-state index in [1.807, 2.05) is 30.3 Å². The quantitative estimate of drug-likeness (QED) is 0.227. The highest BCUT2D eigenvalue weighted by molar-refractivity contribution is 7.99. The van der Waals surface area contributed by atoms with Gasteiger partial charge in [-0.2, -0.15) is 0 Å². The summed E-state index contributed by atoms with van der Waals surface area (Å²) in [6, 6.07) is 16.4. The molecule has 5 nitrogen and oxygen atoms in total. The van der Waals surface area contributed by atoms with E-state index in [1.165, 1.54) is 16.6 Å². The van der Waals surface area contributed by atoms with Crippen LogP contribution in [0.2, 0.25) is 5.02 Å². The largest absolute Gasteiger partial charge is 0.330 e. The maximum absolute atomic E-state index is 13.9. The number of hydrogen-bond acceptors (Lipinski definition) is 5. The Bertz CT molecular complexity index is 1400. The maximum Gasteiger partial charge on any atom is 0.267 e. The van der Waals surface area contributed by atoms with E-state index in [4.69, 9.17) is 16.6 Å². The van der Waals surface area contributed by atoms with Crippen LogP contribution in [-0.4, -0.2) is 34.2 Å². The summed E-state index contributed by atoms with van der Waals surface area (Å²) >= 11 is 8.89. The Hall–Kier alpha value is -2.45. The summed E-state index contributed by atoms with van der Waals surface area (Å²) in [6.45, 7) is 5.35. The monoisotopic (exact) mass is 510 g/mol. The van der Waals surface area contributed by atoms with Crippen molar-refractivity contribution >= 4 is 50.7 Å². The zero-order valence-corrected chi connectivity index (χ0v) is 21.2. The smallest absolute Gasteiger partial charge is 0.267 e. The van der Waals surface area contributed by atoms with Crippen molar-refractivity contribution in [1.82, 2.24) is 9.55 Å². The summed E-state index contributed by atoms with van der Waals surface area (Å²) in [4.78, 5) is 35.2. The molecule has 3 heterocycles. The number of para-hydroxylation sites is 1. The fourth-order valence-corrected chi connectivity index (χ4v) is 6.84. The molecule has 0 spiro atoms. The molecule has 1 unspecified atom stereocenters. The summed E-state index contributed by atoms with van der Waals surface area (Å²) in [5, 5.41) is 1.88. The van der Waals surface area contributed by atoms with Crippen molar-refractivity contribution in [3.63, 3.8) is 0 Å². The van der Waals surface area contributed by atoms with Crippen molar-refractivity contribution in [3.8, 4) is 5.69 Å². The molecule has 0 amide bonds. The van der Waals surface area contributed by atoms with Gasteiger partial charge >= 0.3 is 0 Å². The minimum absolute atomic E-state index is 0.0279. The predicted molar refractivity (Wildman–Crippen MR) is 140 cm³/mol. The van der Waals surface area contributed by atoms with Crippen LogP contribution in [0.4, 0.5) is 0 Å². The number of carbonyl (C=O) groups excluding carboxylic acids is 1. The Labute approximate surface area is 211 Å². The van der Waals surface area contributed by atoms with E-state index in [0.29, 0.717) is 15.7 Å². The normalized spacial score (nSPS) is 15.4. The van der Waals surface area contributed by atoms with Gasteiger partial charge in [0.2, 0.25) is 0 Å². The van der Waals surface area contributed by atoms with Gasteiger partial charge in [0, 0.05) is 17.0 Å². The number of benzene rings is 2. The number of rotatable bonds is 7. The van der Waals surface area contributed by atoms with E-state index < -0.39 is 0 Å². The Morgan fingerprint density at radius 3 is 2.68 bits per heavy atom. The molecule has 0 bridgehead atoms. The molecule has 0 saturated carbocycles. The van der Waals surface area contributed by atoms with Crippen molar-refractivity contribution in [2.75, 3.05) is 18.8 Å². The van der Waals surface area contributed by atoms with Crippen LogP contribution in [0.3, 0.4) is 0 Å². The van der Waals surface area contributed by atoms with Gasteiger partial charge in [0.1, 0.15) is 11.4 Å². The van der Waals surface area contributed by atoms with Crippen LogP contribution in [0.15, 0.2) is 64.5 Å². The molecule has 34 heavy (non-hydrogen) atoms. The first kappa shape index (κ1) is 23.3. The highest BCUT2D eigenvalue weighted by atomic mass is 35.5. The van der Waals surface area contributed by atoms with Crippen molar-refractivity contribution in [3.05, 3.63) is 86.0 Å². The molecule has 1 atom stereocenters. The van der Waals surface area contributed by atoms with E-state index in [0.717, 1.165) is 53.9 Å². The topological polar surface area (TPSA) is 56.4 Å². The molecule has 0 fully saturated rings. The van der Waals surface area contributed by atoms with Crippen molar-refractivity contribution in [2.24, 2.45) is 0 Å². The molecule has 174 valence electrons. The number of aromatic nitrogens is 2. The third kappa shape index (κ3) is 4.58. The van der Waals surface area contributed by atoms with Gasteiger partial charge in [0.05, 0.1) is 34.8 Å². The molecular weight excluding hydrogens is 486 g/mol. The first-order valence-electron chi connectivity index (χ1n) is 11.4. The zero-order chi connectivity index (χ0) is 23.7. The van der Waals surface area contributed by atoms with Crippen molar-refractivity contribution in [1.29, 1.82) is 0 Å². The Kier molecular flexibility index (Phi) is 6.88. The number of carbonyl (C=O) groups is 1.